The van der Waals surface area contributed by atoms with Crippen molar-refractivity contribution in [2.45, 2.75) is 6.92 Å². The molecule has 1 aliphatic heterocycles. The minimum atomic E-state index is -1.12. The van der Waals surface area contributed by atoms with Gasteiger partial charge in [-0.05, 0) is 43.3 Å². The normalized spacial score (nSPS) is 14.9. The lowest BCUT2D eigenvalue weighted by atomic mass is 10.1. The number of methoxy groups -OCH3 is 1. The summed E-state index contributed by atoms with van der Waals surface area (Å²) in [5.74, 6) is -0.0746. The molecule has 0 bridgehead atoms. The predicted octanol–water partition coefficient (Wildman–Crippen LogP) is 3.96. The fourth-order valence-corrected chi connectivity index (χ4v) is 4.08. The van der Waals surface area contributed by atoms with E-state index in [4.69, 9.17) is 31.5 Å². The molecule has 1 aliphatic rings. The minimum Gasteiger partial charge on any atom is -0.494 e. The molecule has 30 heavy (non-hydrogen) atoms. The largest absolute Gasteiger partial charge is 0.494 e. The number of aliphatic carboxylic acids is 1. The van der Waals surface area contributed by atoms with Gasteiger partial charge >= 0.3 is 5.97 Å². The first kappa shape index (κ1) is 21.7. The van der Waals surface area contributed by atoms with Gasteiger partial charge in [0.2, 0.25) is 0 Å². The Hall–Kier alpha value is -3.04. The molecule has 0 aliphatic carbocycles. The second-order valence-electron chi connectivity index (χ2n) is 6.01. The number of para-hydroxylation sites is 1. The second-order valence-corrected chi connectivity index (χ2v) is 7.68. The lowest BCUT2D eigenvalue weighted by Gasteiger charge is -2.15. The monoisotopic (exact) mass is 445 g/mol. The Balaban J connectivity index is 1.91. The molecule has 1 fully saturated rings. The average molecular weight is 446 g/mol. The van der Waals surface area contributed by atoms with Gasteiger partial charge in [-0.3, -0.25) is 9.69 Å². The van der Waals surface area contributed by atoms with Gasteiger partial charge in [0.15, 0.2) is 22.4 Å². The maximum absolute atomic E-state index is 13.0. The van der Waals surface area contributed by atoms with E-state index in [0.717, 1.165) is 11.8 Å². The summed E-state index contributed by atoms with van der Waals surface area (Å²) in [4.78, 5) is 25.8. The molecule has 1 N–H and O–H groups in total. The molecule has 2 aromatic carbocycles. The molecule has 9 heteroatoms. The van der Waals surface area contributed by atoms with E-state index in [2.05, 4.69) is 0 Å². The molecule has 7 nitrogen and oxygen atoms in total. The van der Waals surface area contributed by atoms with Crippen molar-refractivity contribution in [2.24, 2.45) is 0 Å². The zero-order valence-corrected chi connectivity index (χ0v) is 17.9. The van der Waals surface area contributed by atoms with E-state index in [0.29, 0.717) is 38.6 Å². The summed E-state index contributed by atoms with van der Waals surface area (Å²) in [6.07, 6.45) is 1.62. The van der Waals surface area contributed by atoms with Crippen molar-refractivity contribution < 1.29 is 28.9 Å². The van der Waals surface area contributed by atoms with E-state index in [1.165, 1.54) is 12.0 Å². The van der Waals surface area contributed by atoms with Crippen molar-refractivity contribution in [2.75, 3.05) is 25.2 Å². The van der Waals surface area contributed by atoms with E-state index in [-0.39, 0.29) is 11.7 Å². The first-order chi connectivity index (χ1) is 14.4. The number of carbonyl (C=O) groups is 2. The summed E-state index contributed by atoms with van der Waals surface area (Å²) in [7, 11) is 1.46. The zero-order valence-electron chi connectivity index (χ0n) is 16.3. The molecule has 156 valence electrons. The van der Waals surface area contributed by atoms with Crippen LogP contribution < -0.4 is 19.1 Å². The third-order valence-electron chi connectivity index (χ3n) is 4.06. The van der Waals surface area contributed by atoms with E-state index in [1.807, 2.05) is 6.92 Å². The fraction of sp³-hybridized carbons (Fsp3) is 0.190. The predicted molar refractivity (Wildman–Crippen MR) is 119 cm³/mol. The number of nitrogens with zero attached hydrogens (tertiary/aromatic N) is 1. The number of thiocarbonyl (C=S) groups is 1. The number of carboxylic acids is 1. The molecular weight excluding hydrogens is 426 g/mol. The number of carboxylic acid groups (broad SMARTS) is 1. The summed E-state index contributed by atoms with van der Waals surface area (Å²) >= 11 is 6.56. The smallest absolute Gasteiger partial charge is 0.341 e. The maximum atomic E-state index is 13.0. The van der Waals surface area contributed by atoms with E-state index < -0.39 is 12.6 Å². The Morgan fingerprint density at radius 1 is 1.20 bits per heavy atom. The van der Waals surface area contributed by atoms with Crippen LogP contribution in [0.25, 0.3) is 6.08 Å². The van der Waals surface area contributed by atoms with Gasteiger partial charge in [0.25, 0.3) is 5.91 Å². The number of ether oxygens (including phenoxy) is 3. The van der Waals surface area contributed by atoms with Crippen LogP contribution >= 0.6 is 24.0 Å². The highest BCUT2D eigenvalue weighted by molar-refractivity contribution is 8.27. The Labute approximate surface area is 183 Å². The van der Waals surface area contributed by atoms with Crippen LogP contribution in [0.4, 0.5) is 5.69 Å². The number of amides is 1. The van der Waals surface area contributed by atoms with Crippen LogP contribution in [0, 0.1) is 0 Å². The highest BCUT2D eigenvalue weighted by Crippen LogP contribution is 2.39. The standard InChI is InChI=1S/C21H19NO6S2/c1-3-27-15-9-7-14(8-10-15)22-20(25)17(30-21(22)29)11-13-5-4-6-16(26-2)19(13)28-12-18(23)24/h4-11H,3,12H2,1-2H3,(H,23,24)/b17-11+. The van der Waals surface area contributed by atoms with Gasteiger partial charge in [0.1, 0.15) is 5.75 Å². The Bertz CT molecular complexity index is 1000. The Kier molecular flexibility index (Phi) is 6.96. The summed E-state index contributed by atoms with van der Waals surface area (Å²) in [6, 6.07) is 12.2. The van der Waals surface area contributed by atoms with Gasteiger partial charge in [-0.15, -0.1) is 0 Å². The third kappa shape index (κ3) is 4.74. The average Bonchev–Trinajstić information content (AvgIpc) is 3.00. The molecule has 0 saturated carbocycles. The van der Waals surface area contributed by atoms with Crippen molar-refractivity contribution in [1.29, 1.82) is 0 Å². The summed E-state index contributed by atoms with van der Waals surface area (Å²) in [6.45, 7) is 1.91. The van der Waals surface area contributed by atoms with Gasteiger partial charge in [-0.2, -0.15) is 0 Å². The number of hydrogen-bond acceptors (Lipinski definition) is 7. The van der Waals surface area contributed by atoms with Crippen LogP contribution in [0.5, 0.6) is 17.2 Å². The molecular formula is C21H19NO6S2. The van der Waals surface area contributed by atoms with Crippen molar-refractivity contribution in [3.63, 3.8) is 0 Å². The van der Waals surface area contributed by atoms with Crippen LogP contribution in [-0.2, 0) is 9.59 Å². The molecule has 0 spiro atoms. The van der Waals surface area contributed by atoms with Gasteiger partial charge in [0.05, 0.1) is 24.3 Å². The van der Waals surface area contributed by atoms with Gasteiger partial charge < -0.3 is 19.3 Å². The maximum Gasteiger partial charge on any atom is 0.341 e. The molecule has 1 heterocycles. The minimum absolute atomic E-state index is 0.244. The van der Waals surface area contributed by atoms with Crippen molar-refractivity contribution in [3.8, 4) is 17.2 Å². The topological polar surface area (TPSA) is 85.3 Å². The Morgan fingerprint density at radius 2 is 1.93 bits per heavy atom. The third-order valence-corrected chi connectivity index (χ3v) is 5.36. The van der Waals surface area contributed by atoms with Gasteiger partial charge in [-0.25, -0.2) is 4.79 Å². The van der Waals surface area contributed by atoms with E-state index >= 15 is 0 Å². The first-order valence-corrected chi connectivity index (χ1v) is 10.2. The van der Waals surface area contributed by atoms with Crippen molar-refractivity contribution in [1.82, 2.24) is 0 Å². The van der Waals surface area contributed by atoms with Crippen LogP contribution in [0.2, 0.25) is 0 Å². The number of rotatable bonds is 8. The lowest BCUT2D eigenvalue weighted by Crippen LogP contribution is -2.27. The molecule has 0 aromatic heterocycles. The first-order valence-electron chi connectivity index (χ1n) is 8.97. The Morgan fingerprint density at radius 3 is 2.57 bits per heavy atom. The zero-order chi connectivity index (χ0) is 21.7. The molecule has 0 unspecified atom stereocenters. The number of hydrogen-bond donors (Lipinski definition) is 1. The molecule has 0 radical (unpaired) electrons. The molecule has 1 saturated heterocycles. The summed E-state index contributed by atoms with van der Waals surface area (Å²) < 4.78 is 16.5. The van der Waals surface area contributed by atoms with Crippen molar-refractivity contribution >= 4 is 51.9 Å². The number of anilines is 1. The number of benzene rings is 2. The SMILES string of the molecule is CCOc1ccc(N2C(=O)/C(=C\c3cccc(OC)c3OCC(=O)O)SC2=S)cc1. The highest BCUT2D eigenvalue weighted by Gasteiger charge is 2.33. The molecule has 3 rings (SSSR count). The molecule has 1 amide bonds. The highest BCUT2D eigenvalue weighted by atomic mass is 32.2. The lowest BCUT2D eigenvalue weighted by molar-refractivity contribution is -0.139. The van der Waals surface area contributed by atoms with Crippen LogP contribution in [0.1, 0.15) is 12.5 Å². The molecule has 2 aromatic rings. The fourth-order valence-electron chi connectivity index (χ4n) is 2.79. The van der Waals surface area contributed by atoms with E-state index in [1.54, 1.807) is 48.5 Å². The number of carbonyl (C=O) groups excluding carboxylic acids is 1. The van der Waals surface area contributed by atoms with Gasteiger partial charge in [0, 0.05) is 5.56 Å². The summed E-state index contributed by atoms with van der Waals surface area (Å²) in [5.41, 5.74) is 1.15. The van der Waals surface area contributed by atoms with Crippen LogP contribution in [-0.4, -0.2) is 41.6 Å². The second kappa shape index (κ2) is 9.64. The van der Waals surface area contributed by atoms with Crippen LogP contribution in [0.3, 0.4) is 0 Å². The van der Waals surface area contributed by atoms with Crippen molar-refractivity contribution in [3.05, 3.63) is 52.9 Å². The summed E-state index contributed by atoms with van der Waals surface area (Å²) in [5, 5.41) is 8.93. The number of thioether (sulfide) groups is 1. The van der Waals surface area contributed by atoms with E-state index in [9.17, 15) is 9.59 Å². The van der Waals surface area contributed by atoms with Gasteiger partial charge in [-0.1, -0.05) is 36.1 Å². The molecule has 0 atom stereocenters. The quantitative estimate of drug-likeness (QED) is 0.483. The van der Waals surface area contributed by atoms with Crippen LogP contribution in [0.15, 0.2) is 47.4 Å².